The van der Waals surface area contributed by atoms with Crippen LogP contribution in [0.1, 0.15) is 30.9 Å². The Morgan fingerprint density at radius 3 is 2.04 bits per heavy atom. The molecular formula is C25H23NO2. The first-order valence-electron chi connectivity index (χ1n) is 9.84. The van der Waals surface area contributed by atoms with E-state index in [9.17, 15) is 9.59 Å². The summed E-state index contributed by atoms with van der Waals surface area (Å²) in [7, 11) is 0. The minimum absolute atomic E-state index is 0.00998. The van der Waals surface area contributed by atoms with Gasteiger partial charge in [-0.2, -0.15) is 0 Å². The Morgan fingerprint density at radius 1 is 0.857 bits per heavy atom. The Kier molecular flexibility index (Phi) is 3.54. The number of imide groups is 1. The van der Waals surface area contributed by atoms with Crippen molar-refractivity contribution in [2.24, 2.45) is 17.3 Å². The van der Waals surface area contributed by atoms with E-state index >= 15 is 0 Å². The molecule has 0 aromatic heterocycles. The summed E-state index contributed by atoms with van der Waals surface area (Å²) < 4.78 is 0. The van der Waals surface area contributed by atoms with Gasteiger partial charge < -0.3 is 0 Å². The van der Waals surface area contributed by atoms with Crippen LogP contribution in [0.4, 0.5) is 0 Å². The van der Waals surface area contributed by atoms with Crippen LogP contribution >= 0.6 is 0 Å². The highest BCUT2D eigenvalue weighted by molar-refractivity contribution is 6.11. The number of hydrogen-bond donors (Lipinski definition) is 0. The average Bonchev–Trinajstić information content (AvgIpc) is 2.97. The fourth-order valence-corrected chi connectivity index (χ4v) is 5.29. The predicted molar refractivity (Wildman–Crippen MR) is 108 cm³/mol. The molecule has 0 radical (unpaired) electrons. The van der Waals surface area contributed by atoms with Gasteiger partial charge in [-0.3, -0.25) is 14.5 Å². The lowest BCUT2D eigenvalue weighted by Gasteiger charge is -2.42. The molecule has 3 heteroatoms. The number of nitrogens with zero attached hydrogens (tertiary/aromatic N) is 1. The summed E-state index contributed by atoms with van der Waals surface area (Å²) in [4.78, 5) is 29.0. The molecule has 6 rings (SSSR count). The van der Waals surface area contributed by atoms with Crippen molar-refractivity contribution in [3.05, 3.63) is 96.1 Å². The van der Waals surface area contributed by atoms with Gasteiger partial charge in [0.25, 0.3) is 0 Å². The smallest absolute Gasteiger partial charge is 0.244 e. The summed E-state index contributed by atoms with van der Waals surface area (Å²) in [5.74, 6) is -0.422. The van der Waals surface area contributed by atoms with Gasteiger partial charge in [-0.15, -0.1) is 0 Å². The lowest BCUT2D eigenvalue weighted by Crippen LogP contribution is -2.47. The number of likely N-dealkylation sites (tertiary alicyclic amines) is 1. The molecule has 2 amide bonds. The molecule has 2 aromatic carbocycles. The Hall–Kier alpha value is -2.94. The topological polar surface area (TPSA) is 37.4 Å². The second kappa shape index (κ2) is 5.78. The number of rotatable bonds is 3. The molecule has 4 aliphatic rings. The fourth-order valence-electron chi connectivity index (χ4n) is 5.29. The second-order valence-corrected chi connectivity index (χ2v) is 8.55. The Labute approximate surface area is 165 Å². The summed E-state index contributed by atoms with van der Waals surface area (Å²) in [6, 6.07) is 20.0. The van der Waals surface area contributed by atoms with E-state index in [-0.39, 0.29) is 29.6 Å². The van der Waals surface area contributed by atoms with E-state index in [1.807, 2.05) is 74.5 Å². The number of benzene rings is 2. The number of allylic oxidation sites excluding steroid dienone is 2. The maximum absolute atomic E-state index is 13.8. The monoisotopic (exact) mass is 369 g/mol. The van der Waals surface area contributed by atoms with Gasteiger partial charge in [-0.1, -0.05) is 85.0 Å². The molecule has 3 aliphatic carbocycles. The molecule has 1 fully saturated rings. The van der Waals surface area contributed by atoms with Crippen LogP contribution in [0.5, 0.6) is 0 Å². The lowest BCUT2D eigenvalue weighted by atomic mass is 9.57. The van der Waals surface area contributed by atoms with E-state index in [1.54, 1.807) is 0 Å². The number of amides is 2. The van der Waals surface area contributed by atoms with E-state index < -0.39 is 11.0 Å². The molecule has 0 N–H and O–H groups in total. The summed E-state index contributed by atoms with van der Waals surface area (Å²) in [6.45, 7) is 3.92. The second-order valence-electron chi connectivity index (χ2n) is 8.55. The molecule has 1 spiro atoms. The molecule has 2 bridgehead atoms. The van der Waals surface area contributed by atoms with Gasteiger partial charge in [0.15, 0.2) is 0 Å². The maximum atomic E-state index is 13.8. The summed E-state index contributed by atoms with van der Waals surface area (Å²) >= 11 is 0. The third-order valence-electron chi connectivity index (χ3n) is 6.76. The summed E-state index contributed by atoms with van der Waals surface area (Å²) in [5.41, 5.74) is 0.516. The third kappa shape index (κ3) is 2.10. The highest BCUT2D eigenvalue weighted by Crippen LogP contribution is 2.59. The normalized spacial score (nSPS) is 30.8. The molecule has 1 saturated heterocycles. The Morgan fingerprint density at radius 2 is 1.43 bits per heavy atom. The molecule has 1 aliphatic heterocycles. The molecular weight excluding hydrogens is 346 g/mol. The van der Waals surface area contributed by atoms with E-state index in [2.05, 4.69) is 24.3 Å². The highest BCUT2D eigenvalue weighted by atomic mass is 16.2. The van der Waals surface area contributed by atoms with E-state index in [0.29, 0.717) is 0 Å². The van der Waals surface area contributed by atoms with Crippen molar-refractivity contribution in [1.82, 2.24) is 4.90 Å². The van der Waals surface area contributed by atoms with Crippen molar-refractivity contribution < 1.29 is 9.59 Å². The van der Waals surface area contributed by atoms with Crippen molar-refractivity contribution in [3.8, 4) is 0 Å². The first-order valence-corrected chi connectivity index (χ1v) is 9.84. The molecule has 140 valence electrons. The van der Waals surface area contributed by atoms with Crippen molar-refractivity contribution in [2.45, 2.75) is 25.3 Å². The zero-order valence-electron chi connectivity index (χ0n) is 16.1. The first kappa shape index (κ1) is 17.2. The van der Waals surface area contributed by atoms with Crippen LogP contribution in [0.3, 0.4) is 0 Å². The minimum atomic E-state index is -0.863. The van der Waals surface area contributed by atoms with Crippen LogP contribution in [-0.2, 0) is 15.1 Å². The molecule has 3 nitrogen and oxygen atoms in total. The fraction of sp³-hybridized carbons (Fsp3) is 0.280. The van der Waals surface area contributed by atoms with Crippen LogP contribution in [0, 0.1) is 17.3 Å². The van der Waals surface area contributed by atoms with Gasteiger partial charge >= 0.3 is 0 Å². The van der Waals surface area contributed by atoms with Gasteiger partial charge in [0.2, 0.25) is 11.8 Å². The summed E-state index contributed by atoms with van der Waals surface area (Å²) in [5, 5.41) is 0. The zero-order chi connectivity index (χ0) is 19.5. The number of hydrogen-bond acceptors (Lipinski definition) is 2. The van der Waals surface area contributed by atoms with Crippen molar-refractivity contribution in [3.63, 3.8) is 0 Å². The SMILES string of the molecule is CC(C)(c1ccccc1)N1C(=O)[C@H]2[C@H](c3ccccc3)C3C=CC2(C=C3)C1=O. The van der Waals surface area contributed by atoms with Crippen LogP contribution < -0.4 is 0 Å². The summed E-state index contributed by atoms with van der Waals surface area (Å²) in [6.07, 6.45) is 8.17. The quantitative estimate of drug-likeness (QED) is 0.593. The van der Waals surface area contributed by atoms with Crippen molar-refractivity contribution in [2.75, 3.05) is 0 Å². The Bertz CT molecular complexity index is 989. The van der Waals surface area contributed by atoms with Gasteiger partial charge in [-0.25, -0.2) is 0 Å². The van der Waals surface area contributed by atoms with E-state index in [4.69, 9.17) is 0 Å². The van der Waals surface area contributed by atoms with Crippen LogP contribution in [0.25, 0.3) is 0 Å². The minimum Gasteiger partial charge on any atom is -0.274 e. The van der Waals surface area contributed by atoms with Gasteiger partial charge in [-0.05, 0) is 25.0 Å². The first-order chi connectivity index (χ1) is 13.5. The largest absolute Gasteiger partial charge is 0.274 e. The van der Waals surface area contributed by atoms with Crippen molar-refractivity contribution in [1.29, 1.82) is 0 Å². The molecule has 0 saturated carbocycles. The molecule has 2 atom stereocenters. The van der Waals surface area contributed by atoms with Crippen LogP contribution in [0.15, 0.2) is 85.0 Å². The van der Waals surface area contributed by atoms with Crippen molar-refractivity contribution >= 4 is 11.8 Å². The third-order valence-corrected chi connectivity index (χ3v) is 6.76. The number of carbonyl (C=O) groups excluding carboxylic acids is 2. The molecule has 28 heavy (non-hydrogen) atoms. The van der Waals surface area contributed by atoms with E-state index in [0.717, 1.165) is 11.1 Å². The van der Waals surface area contributed by atoms with Gasteiger partial charge in [0, 0.05) is 11.8 Å². The molecule has 1 heterocycles. The van der Waals surface area contributed by atoms with Gasteiger partial charge in [0.05, 0.1) is 16.9 Å². The van der Waals surface area contributed by atoms with Crippen LogP contribution in [-0.4, -0.2) is 16.7 Å². The van der Waals surface area contributed by atoms with E-state index in [1.165, 1.54) is 4.90 Å². The highest BCUT2D eigenvalue weighted by Gasteiger charge is 2.65. The standard InChI is InChI=1S/C25H23NO2/c1-24(2,19-11-7-4-8-12-19)26-22(27)21-20(17-9-5-3-6-10-17)18-13-15-25(21,16-14-18)23(26)28/h3-16,18,20-21H,1-2H3/t18?,20-,21-,25?/m1/s1. The average molecular weight is 369 g/mol. The van der Waals surface area contributed by atoms with Gasteiger partial charge in [0.1, 0.15) is 0 Å². The maximum Gasteiger partial charge on any atom is 0.244 e. The number of carbonyl (C=O) groups is 2. The lowest BCUT2D eigenvalue weighted by molar-refractivity contribution is -0.146. The predicted octanol–water partition coefficient (Wildman–Crippen LogP) is 4.43. The molecule has 2 aromatic rings. The molecule has 0 unspecified atom stereocenters. The zero-order valence-corrected chi connectivity index (χ0v) is 16.1. The van der Waals surface area contributed by atoms with Crippen LogP contribution in [0.2, 0.25) is 0 Å². The Balaban J connectivity index is 1.65.